The van der Waals surface area contributed by atoms with Crippen molar-refractivity contribution in [3.8, 4) is 11.5 Å². The first-order valence-electron chi connectivity index (χ1n) is 9.74. The summed E-state index contributed by atoms with van der Waals surface area (Å²) in [5.41, 5.74) is 1.60. The molecular weight excluding hydrogens is 512 g/mol. The van der Waals surface area contributed by atoms with Crippen molar-refractivity contribution in [2.24, 2.45) is 5.10 Å². The monoisotopic (exact) mass is 528 g/mol. The number of benzene rings is 3. The predicted molar refractivity (Wildman–Crippen MR) is 121 cm³/mol. The Balaban J connectivity index is 1.84. The number of halogens is 4. The topological polar surface area (TPSA) is 132 Å². The lowest BCUT2D eigenvalue weighted by atomic mass is 10.2. The molecule has 0 atom stereocenters. The van der Waals surface area contributed by atoms with Gasteiger partial charge in [0.15, 0.2) is 0 Å². The second kappa shape index (κ2) is 11.4. The van der Waals surface area contributed by atoms with E-state index in [1.54, 1.807) is 18.2 Å². The number of rotatable bonds is 11. The van der Waals surface area contributed by atoms with Gasteiger partial charge in [0, 0.05) is 23.4 Å². The molecule has 15 heteroatoms. The molecule has 10 nitrogen and oxygen atoms in total. The summed E-state index contributed by atoms with van der Waals surface area (Å²) in [6, 6.07) is 13.8. The molecule has 3 aromatic rings. The van der Waals surface area contributed by atoms with Crippen LogP contribution in [-0.4, -0.2) is 32.8 Å². The molecule has 0 fully saturated rings. The van der Waals surface area contributed by atoms with Gasteiger partial charge in [0.2, 0.25) is 0 Å². The molecule has 0 unspecified atom stereocenters. The molecule has 0 spiro atoms. The normalized spacial score (nSPS) is 11.6. The summed E-state index contributed by atoms with van der Waals surface area (Å²) in [5.74, 6) is -0.987. The van der Waals surface area contributed by atoms with Crippen molar-refractivity contribution in [1.82, 2.24) is 0 Å². The molecule has 0 aliphatic heterocycles. The minimum Gasteiger partial charge on any atom is -0.435 e. The molecule has 0 bridgehead atoms. The summed E-state index contributed by atoms with van der Waals surface area (Å²) >= 11 is 0. The average Bonchev–Trinajstić information content (AvgIpc) is 2.80. The molecule has 0 aliphatic carbocycles. The van der Waals surface area contributed by atoms with Crippen molar-refractivity contribution in [3.05, 3.63) is 82.4 Å². The van der Waals surface area contributed by atoms with Crippen LogP contribution < -0.4 is 19.6 Å². The molecule has 0 aromatic heterocycles. The van der Waals surface area contributed by atoms with Gasteiger partial charge in [-0.05, 0) is 36.4 Å². The fourth-order valence-electron chi connectivity index (χ4n) is 2.81. The van der Waals surface area contributed by atoms with Crippen molar-refractivity contribution in [3.63, 3.8) is 0 Å². The van der Waals surface area contributed by atoms with Crippen LogP contribution in [0.4, 0.5) is 34.6 Å². The van der Waals surface area contributed by atoms with Gasteiger partial charge in [0.1, 0.15) is 17.2 Å². The lowest BCUT2D eigenvalue weighted by Gasteiger charge is -2.11. The van der Waals surface area contributed by atoms with Gasteiger partial charge in [0.25, 0.3) is 15.7 Å². The molecule has 36 heavy (non-hydrogen) atoms. The Hall–Kier alpha value is -4.40. The first-order chi connectivity index (χ1) is 17.0. The molecule has 0 saturated carbocycles. The van der Waals surface area contributed by atoms with Crippen molar-refractivity contribution >= 4 is 33.3 Å². The third kappa shape index (κ3) is 7.05. The Morgan fingerprint density at radius 1 is 0.944 bits per heavy atom. The molecule has 0 amide bonds. The number of nitro groups is 1. The van der Waals surface area contributed by atoms with Crippen molar-refractivity contribution < 1.29 is 40.4 Å². The van der Waals surface area contributed by atoms with Crippen LogP contribution >= 0.6 is 0 Å². The van der Waals surface area contributed by atoms with Crippen LogP contribution in [0.25, 0.3) is 0 Å². The van der Waals surface area contributed by atoms with Gasteiger partial charge in [-0.2, -0.15) is 22.7 Å². The van der Waals surface area contributed by atoms with E-state index in [9.17, 15) is 36.1 Å². The lowest BCUT2D eigenvalue weighted by Crippen LogP contribution is -2.13. The number of nitrogens with one attached hydrogen (secondary N) is 2. The number of hydrogen-bond acceptors (Lipinski definition) is 8. The van der Waals surface area contributed by atoms with E-state index in [-0.39, 0.29) is 16.9 Å². The zero-order valence-corrected chi connectivity index (χ0v) is 18.7. The lowest BCUT2D eigenvalue weighted by molar-refractivity contribution is -0.384. The smallest absolute Gasteiger partial charge is 0.387 e. The Morgan fingerprint density at radius 3 is 2.28 bits per heavy atom. The first-order valence-corrected chi connectivity index (χ1v) is 11.2. The van der Waals surface area contributed by atoms with Gasteiger partial charge < -0.3 is 9.47 Å². The highest BCUT2D eigenvalue weighted by molar-refractivity contribution is 7.92. The SMILES string of the molecule is O=[N+]([O-])c1cc(S(=O)(=O)Nc2ccccc2)ccc1N/N=C\c1ccc(OC(F)F)cc1OC(F)F. The molecular formula is C21H16F4N4O6S. The second-order valence-corrected chi connectivity index (χ2v) is 8.42. The van der Waals surface area contributed by atoms with Gasteiger partial charge in [-0.3, -0.25) is 20.3 Å². The number of nitrogens with zero attached hydrogens (tertiary/aromatic N) is 2. The maximum atomic E-state index is 12.7. The van der Waals surface area contributed by atoms with Crippen molar-refractivity contribution in [1.29, 1.82) is 0 Å². The number of nitro benzene ring substituents is 1. The summed E-state index contributed by atoms with van der Waals surface area (Å²) in [4.78, 5) is 10.3. The van der Waals surface area contributed by atoms with Crippen LogP contribution in [0.5, 0.6) is 11.5 Å². The first kappa shape index (κ1) is 26.2. The van der Waals surface area contributed by atoms with Crippen molar-refractivity contribution in [2.45, 2.75) is 18.1 Å². The average molecular weight is 528 g/mol. The largest absolute Gasteiger partial charge is 0.435 e. The maximum absolute atomic E-state index is 12.7. The van der Waals surface area contributed by atoms with Gasteiger partial charge in [0.05, 0.1) is 16.0 Å². The highest BCUT2D eigenvalue weighted by Crippen LogP contribution is 2.29. The zero-order chi connectivity index (χ0) is 26.3. The summed E-state index contributed by atoms with van der Waals surface area (Å²) in [5, 5.41) is 15.2. The van der Waals surface area contributed by atoms with E-state index in [1.807, 2.05) is 0 Å². The van der Waals surface area contributed by atoms with E-state index in [0.717, 1.165) is 42.6 Å². The van der Waals surface area contributed by atoms with Crippen LogP contribution in [0.3, 0.4) is 0 Å². The number of ether oxygens (including phenoxy) is 2. The van der Waals surface area contributed by atoms with Gasteiger partial charge in [-0.1, -0.05) is 18.2 Å². The molecule has 190 valence electrons. The van der Waals surface area contributed by atoms with Gasteiger partial charge >= 0.3 is 13.2 Å². The number of alkyl halides is 4. The summed E-state index contributed by atoms with van der Waals surface area (Å²) in [6.45, 7) is -6.48. The highest BCUT2D eigenvalue weighted by Gasteiger charge is 2.22. The fourth-order valence-corrected chi connectivity index (χ4v) is 3.89. The summed E-state index contributed by atoms with van der Waals surface area (Å²) < 4.78 is 86.0. The van der Waals surface area contributed by atoms with Crippen LogP contribution in [0.1, 0.15) is 5.56 Å². The van der Waals surface area contributed by atoms with Crippen LogP contribution in [0.15, 0.2) is 76.7 Å². The van der Waals surface area contributed by atoms with Crippen LogP contribution in [0.2, 0.25) is 0 Å². The fraction of sp³-hybridized carbons (Fsp3) is 0.0952. The van der Waals surface area contributed by atoms with Gasteiger partial charge in [-0.15, -0.1) is 0 Å². The van der Waals surface area contributed by atoms with Crippen LogP contribution in [-0.2, 0) is 10.0 Å². The van der Waals surface area contributed by atoms with E-state index in [1.165, 1.54) is 12.1 Å². The maximum Gasteiger partial charge on any atom is 0.387 e. The van der Waals surface area contributed by atoms with Crippen LogP contribution in [0, 0.1) is 10.1 Å². The Labute approximate surface area is 201 Å². The third-order valence-electron chi connectivity index (χ3n) is 4.32. The minimum absolute atomic E-state index is 0.0988. The Morgan fingerprint density at radius 2 is 1.64 bits per heavy atom. The number of hydrogen-bond donors (Lipinski definition) is 2. The molecule has 3 aromatic carbocycles. The molecule has 0 aliphatic rings. The molecule has 2 N–H and O–H groups in total. The Bertz CT molecular complexity index is 1360. The number of sulfonamides is 1. The van der Waals surface area contributed by atoms with Gasteiger partial charge in [-0.25, -0.2) is 8.42 Å². The minimum atomic E-state index is -4.15. The van der Waals surface area contributed by atoms with Crippen molar-refractivity contribution in [2.75, 3.05) is 10.1 Å². The molecule has 0 heterocycles. The van der Waals surface area contributed by atoms with E-state index in [4.69, 9.17) is 0 Å². The standard InChI is InChI=1S/C21H16F4N4O6S/c22-20(23)34-15-7-6-13(19(10-15)35-21(24)25)12-26-27-17-9-8-16(11-18(17)29(30)31)36(32,33)28-14-4-2-1-3-5-14/h1-12,20-21,27-28H/b26-12-. The van der Waals surface area contributed by atoms with E-state index in [0.29, 0.717) is 0 Å². The third-order valence-corrected chi connectivity index (χ3v) is 5.70. The second-order valence-electron chi connectivity index (χ2n) is 6.73. The zero-order valence-electron chi connectivity index (χ0n) is 17.8. The summed E-state index contributed by atoms with van der Waals surface area (Å²) in [7, 11) is -4.15. The number of para-hydroxylation sites is 1. The quantitative estimate of drug-likeness (QED) is 0.154. The van der Waals surface area contributed by atoms with E-state index in [2.05, 4.69) is 24.7 Å². The van der Waals surface area contributed by atoms with E-state index >= 15 is 0 Å². The highest BCUT2D eigenvalue weighted by atomic mass is 32.2. The molecule has 3 rings (SSSR count). The Kier molecular flexibility index (Phi) is 8.26. The summed E-state index contributed by atoms with van der Waals surface area (Å²) in [6.07, 6.45) is 0.940. The number of hydrazone groups is 1. The van der Waals surface area contributed by atoms with E-state index < -0.39 is 50.3 Å². The number of anilines is 2. The molecule has 0 saturated heterocycles. The molecule has 0 radical (unpaired) electrons. The predicted octanol–water partition coefficient (Wildman–Crippen LogP) is 5.04.